The van der Waals surface area contributed by atoms with Gasteiger partial charge in [0.25, 0.3) is 0 Å². The molecule has 0 rings (SSSR count). The highest BCUT2D eigenvalue weighted by Gasteiger charge is 2.17. The molecule has 0 saturated carbocycles. The van der Waals surface area contributed by atoms with Crippen molar-refractivity contribution in [2.75, 3.05) is 18.6 Å². The fourth-order valence-electron chi connectivity index (χ4n) is 2.10. The van der Waals surface area contributed by atoms with Crippen LogP contribution in [0.5, 0.6) is 0 Å². The predicted octanol–water partition coefficient (Wildman–Crippen LogP) is -0.634. The molecule has 0 saturated heterocycles. The summed E-state index contributed by atoms with van der Waals surface area (Å²) in [5, 5.41) is 50.8. The van der Waals surface area contributed by atoms with E-state index in [9.17, 15) is 24.0 Å². The third-order valence-corrected chi connectivity index (χ3v) is 6.47. The van der Waals surface area contributed by atoms with Crippen molar-refractivity contribution in [2.45, 2.75) is 97.4 Å². The second kappa shape index (κ2) is 31.7. The van der Waals surface area contributed by atoms with E-state index in [4.69, 9.17) is 65.3 Å². The van der Waals surface area contributed by atoms with Crippen molar-refractivity contribution in [1.82, 2.24) is 5.32 Å². The number of hydrogen-bond donors (Lipinski definition) is 13. The zero-order chi connectivity index (χ0) is 37.7. The summed E-state index contributed by atoms with van der Waals surface area (Å²) in [7, 11) is 0. The molecule has 0 aliphatic carbocycles. The molecule has 18 nitrogen and oxygen atoms in total. The fraction of sp³-hybridized carbons (Fsp3) is 0.778. The number of aliphatic carboxylic acids is 5. The Balaban J connectivity index is -0.000000154. The molecule has 6 atom stereocenters. The maximum Gasteiger partial charge on any atom is 0.320 e. The van der Waals surface area contributed by atoms with Gasteiger partial charge in [0.05, 0.1) is 0 Å². The minimum atomic E-state index is -1.00. The Morgan fingerprint density at radius 3 is 1.22 bits per heavy atom. The lowest BCUT2D eigenvalue weighted by atomic mass is 10.0. The monoisotopic (exact) mass is 688 g/mol. The maximum atomic E-state index is 10.2. The average molecular weight is 689 g/mol. The van der Waals surface area contributed by atoms with E-state index in [0.29, 0.717) is 25.8 Å². The van der Waals surface area contributed by atoms with Crippen LogP contribution in [0, 0.1) is 23.2 Å². The highest BCUT2D eigenvalue weighted by Crippen LogP contribution is 2.04. The lowest BCUT2D eigenvalue weighted by Crippen LogP contribution is -2.36. The zero-order valence-electron chi connectivity index (χ0n) is 28.0. The first-order chi connectivity index (χ1) is 20.9. The van der Waals surface area contributed by atoms with Crippen LogP contribution < -0.4 is 39.7 Å². The molecule has 0 amide bonds. The van der Waals surface area contributed by atoms with E-state index in [-0.39, 0.29) is 23.7 Å². The Morgan fingerprint density at radius 2 is 1.02 bits per heavy atom. The van der Waals surface area contributed by atoms with Crippen molar-refractivity contribution in [3.8, 4) is 0 Å². The van der Waals surface area contributed by atoms with Crippen molar-refractivity contribution in [1.29, 1.82) is 5.41 Å². The van der Waals surface area contributed by atoms with E-state index < -0.39 is 60.1 Å². The quantitative estimate of drug-likeness (QED) is 0.0544. The van der Waals surface area contributed by atoms with Crippen molar-refractivity contribution in [3.63, 3.8) is 0 Å². The van der Waals surface area contributed by atoms with Crippen LogP contribution in [0.25, 0.3) is 0 Å². The lowest BCUT2D eigenvalue weighted by Gasteiger charge is -2.11. The molecule has 0 spiro atoms. The van der Waals surface area contributed by atoms with E-state index >= 15 is 0 Å². The number of rotatable bonds is 16. The molecule has 19 N–H and O–H groups in total. The highest BCUT2D eigenvalue weighted by molar-refractivity contribution is 7.98. The largest absolute Gasteiger partial charge is 0.480 e. The first-order valence-electron chi connectivity index (χ1n) is 14.4. The topological polar surface area (TPSA) is 378 Å². The summed E-state index contributed by atoms with van der Waals surface area (Å²) < 4.78 is 0. The molecule has 274 valence electrons. The van der Waals surface area contributed by atoms with Gasteiger partial charge in [0.1, 0.15) is 30.2 Å². The number of nitrogens with one attached hydrogen (secondary N) is 2. The van der Waals surface area contributed by atoms with E-state index in [2.05, 4.69) is 5.32 Å². The molecule has 0 aromatic heterocycles. The van der Waals surface area contributed by atoms with Gasteiger partial charge < -0.3 is 65.3 Å². The second-order valence-electron chi connectivity index (χ2n) is 10.6. The minimum absolute atomic E-state index is 0.0208. The summed E-state index contributed by atoms with van der Waals surface area (Å²) in [6.07, 6.45) is 4.27. The summed E-state index contributed by atoms with van der Waals surface area (Å²) in [4.78, 5) is 50.5. The van der Waals surface area contributed by atoms with E-state index in [0.717, 1.165) is 12.2 Å². The zero-order valence-corrected chi connectivity index (χ0v) is 28.8. The number of carboxylic acids is 5. The summed E-state index contributed by atoms with van der Waals surface area (Å²) in [6, 6.07) is -3.63. The Bertz CT molecular complexity index is 844. The first-order valence-corrected chi connectivity index (χ1v) is 15.8. The van der Waals surface area contributed by atoms with E-state index in [1.54, 1.807) is 39.5 Å². The summed E-state index contributed by atoms with van der Waals surface area (Å²) in [5.74, 6) is -3.87. The predicted molar refractivity (Wildman–Crippen MR) is 179 cm³/mol. The molecule has 0 aromatic rings. The van der Waals surface area contributed by atoms with E-state index in [1.807, 2.05) is 20.1 Å². The Kier molecular flexibility index (Phi) is 36.1. The van der Waals surface area contributed by atoms with Gasteiger partial charge in [-0.1, -0.05) is 48.0 Å². The summed E-state index contributed by atoms with van der Waals surface area (Å²) in [5.41, 5.74) is 31.0. The molecule has 0 aliphatic heterocycles. The summed E-state index contributed by atoms with van der Waals surface area (Å²) in [6.45, 7) is 11.3. The first kappa shape index (κ1) is 52.3. The molecule has 0 aliphatic rings. The molecular weight excluding hydrogens is 628 g/mol. The molecule has 0 fully saturated rings. The normalized spacial score (nSPS) is 13.9. The second-order valence-corrected chi connectivity index (χ2v) is 11.6. The Hall–Kier alpha value is -3.23. The number of thioether (sulfide) groups is 1. The lowest BCUT2D eigenvalue weighted by molar-refractivity contribution is -0.140. The number of guanidine groups is 1. The molecule has 0 radical (unpaired) electrons. The molecule has 0 aromatic carbocycles. The van der Waals surface area contributed by atoms with Gasteiger partial charge in [0.2, 0.25) is 0 Å². The van der Waals surface area contributed by atoms with Crippen LogP contribution in [0.3, 0.4) is 0 Å². The maximum absolute atomic E-state index is 10.2. The van der Waals surface area contributed by atoms with Crippen molar-refractivity contribution in [3.05, 3.63) is 0 Å². The van der Waals surface area contributed by atoms with Crippen LogP contribution in [0.15, 0.2) is 0 Å². The highest BCUT2D eigenvalue weighted by atomic mass is 32.2. The smallest absolute Gasteiger partial charge is 0.320 e. The fourth-order valence-corrected chi connectivity index (χ4v) is 2.59. The van der Waals surface area contributed by atoms with Gasteiger partial charge in [-0.25, -0.2) is 0 Å². The molecule has 0 unspecified atom stereocenters. The van der Waals surface area contributed by atoms with Crippen LogP contribution in [0.2, 0.25) is 0 Å². The van der Waals surface area contributed by atoms with Gasteiger partial charge in [0.15, 0.2) is 5.96 Å². The van der Waals surface area contributed by atoms with Crippen molar-refractivity contribution in [2.24, 2.45) is 52.2 Å². The van der Waals surface area contributed by atoms with Gasteiger partial charge in [-0.2, -0.15) is 11.8 Å². The van der Waals surface area contributed by atoms with Gasteiger partial charge >= 0.3 is 29.8 Å². The average Bonchev–Trinajstić information content (AvgIpc) is 2.96. The minimum Gasteiger partial charge on any atom is -0.480 e. The van der Waals surface area contributed by atoms with Crippen molar-refractivity contribution < 1.29 is 49.5 Å². The van der Waals surface area contributed by atoms with Gasteiger partial charge in [-0.05, 0) is 49.0 Å². The van der Waals surface area contributed by atoms with Gasteiger partial charge in [-0.15, -0.1) is 0 Å². The molecule has 46 heavy (non-hydrogen) atoms. The van der Waals surface area contributed by atoms with Crippen molar-refractivity contribution >= 4 is 47.6 Å². The van der Waals surface area contributed by atoms with Crippen LogP contribution in [0.1, 0.15) is 67.2 Å². The van der Waals surface area contributed by atoms with Gasteiger partial charge in [-0.3, -0.25) is 29.4 Å². The van der Waals surface area contributed by atoms with Crippen LogP contribution in [0.4, 0.5) is 0 Å². The Labute approximate surface area is 275 Å². The third kappa shape index (κ3) is 37.0. The Morgan fingerprint density at radius 1 is 0.674 bits per heavy atom. The standard InChI is InChI=1S/C6H14N4O2.C6H13NO2.C5H11NO2S.2C5H11NO2/c7-4(5(11)12)2-1-3-10-6(8)9;1-3-4(2)5(7)6(8)9;1-9-3-2-4(6)5(7)8;2*1-3(2)4(6)5(7)8/h4H,1-3,7H2,(H,11,12)(H4,8,9,10);4-5H,3,7H2,1-2H3,(H,8,9);4H,2-3,6H2,1H3,(H,7,8);2*3-4H,6H2,1-2H3,(H,7,8)/t4-;4-,5-;3*4-/m00000/s1. The molecule has 0 bridgehead atoms. The summed E-state index contributed by atoms with van der Waals surface area (Å²) >= 11 is 1.60. The number of nitrogens with two attached hydrogens (primary N) is 6. The van der Waals surface area contributed by atoms with Gasteiger partial charge in [0, 0.05) is 6.54 Å². The number of carboxylic acid groups (broad SMARTS) is 5. The van der Waals surface area contributed by atoms with Crippen LogP contribution in [-0.2, 0) is 24.0 Å². The molecule has 0 heterocycles. The van der Waals surface area contributed by atoms with Crippen LogP contribution in [-0.4, -0.2) is 110 Å². The van der Waals surface area contributed by atoms with E-state index in [1.165, 1.54) is 0 Å². The third-order valence-electron chi connectivity index (χ3n) is 5.82. The molecule has 19 heteroatoms. The molecular formula is C27H60N8O10S. The number of carbonyl (C=O) groups is 5. The number of hydrogen-bond acceptors (Lipinski definition) is 12. The SMILES string of the molecule is CC(C)[C@H](N)C(=O)O.CC(C)[C@H](N)C(=O)O.CC[C@H](C)[C@H](N)C(=O)O.CSCC[C@H](N)C(=O)O.N=C(N)NCCC[C@H](N)C(=O)O. The van der Waals surface area contributed by atoms with Crippen LogP contribution >= 0.6 is 11.8 Å².